The molecule has 3 aromatic heterocycles. The molecule has 2 aromatic carbocycles. The van der Waals surface area contributed by atoms with Gasteiger partial charge in [0.25, 0.3) is 5.91 Å². The van der Waals surface area contributed by atoms with Gasteiger partial charge < -0.3 is 25.6 Å². The molecule has 4 saturated heterocycles. The first kappa shape index (κ1) is 39.3. The van der Waals surface area contributed by atoms with Gasteiger partial charge in [-0.15, -0.1) is 0 Å². The molecular weight excluding hydrogens is 770 g/mol. The molecule has 9 rings (SSSR count). The van der Waals surface area contributed by atoms with Gasteiger partial charge in [0.1, 0.15) is 41.3 Å². The number of imidazole rings is 1. The van der Waals surface area contributed by atoms with Gasteiger partial charge in [-0.2, -0.15) is 0 Å². The van der Waals surface area contributed by atoms with Crippen LogP contribution in [0.25, 0.3) is 16.9 Å². The second kappa shape index (κ2) is 16.8. The van der Waals surface area contributed by atoms with Crippen molar-refractivity contribution in [2.45, 2.75) is 62.8 Å². The Morgan fingerprint density at radius 2 is 1.62 bits per heavy atom. The van der Waals surface area contributed by atoms with Crippen LogP contribution in [0, 0.1) is 5.92 Å². The minimum absolute atomic E-state index is 0.148. The van der Waals surface area contributed by atoms with E-state index in [-0.39, 0.29) is 36.8 Å². The van der Waals surface area contributed by atoms with Gasteiger partial charge in [0, 0.05) is 38.6 Å². The Morgan fingerprint density at radius 1 is 0.867 bits per heavy atom. The molecule has 7 heterocycles. The second-order valence-electron chi connectivity index (χ2n) is 16.2. The summed E-state index contributed by atoms with van der Waals surface area (Å²) in [7, 11) is 0. The summed E-state index contributed by atoms with van der Waals surface area (Å²) in [5.74, 6) is 0.756. The van der Waals surface area contributed by atoms with E-state index in [1.165, 1.54) is 15.5 Å². The van der Waals surface area contributed by atoms with E-state index in [0.29, 0.717) is 53.3 Å². The van der Waals surface area contributed by atoms with Crippen molar-refractivity contribution in [1.29, 1.82) is 0 Å². The molecule has 4 aliphatic rings. The van der Waals surface area contributed by atoms with Crippen molar-refractivity contribution in [1.82, 2.24) is 44.5 Å². The van der Waals surface area contributed by atoms with E-state index in [2.05, 4.69) is 40.3 Å². The number of likely N-dealkylation sites (tertiary alicyclic amines) is 2. The Kier molecular flexibility index (Phi) is 11.0. The Balaban J connectivity index is 0.743. The Hall–Kier alpha value is -6.20. The molecule has 3 amide bonds. The van der Waals surface area contributed by atoms with Gasteiger partial charge in [-0.05, 0) is 106 Å². The summed E-state index contributed by atoms with van der Waals surface area (Å²) in [6, 6.07) is 19.1. The fourth-order valence-electron chi connectivity index (χ4n) is 8.98. The van der Waals surface area contributed by atoms with Crippen LogP contribution in [0.2, 0.25) is 0 Å². The maximum atomic E-state index is 16.2. The summed E-state index contributed by atoms with van der Waals surface area (Å²) in [4.78, 5) is 70.1. The van der Waals surface area contributed by atoms with E-state index in [4.69, 9.17) is 10.5 Å². The summed E-state index contributed by atoms with van der Waals surface area (Å²) < 4.78 is 25.1. The number of fused-ring (bicyclic) bond motifs is 1. The number of pyridine rings is 1. The monoisotopic (exact) mass is 817 g/mol. The molecule has 60 heavy (non-hydrogen) atoms. The summed E-state index contributed by atoms with van der Waals surface area (Å²) in [6.45, 7) is 5.55. The first-order valence-electron chi connectivity index (χ1n) is 20.7. The number of nitrogen functional groups attached to an aromatic ring is 1. The summed E-state index contributed by atoms with van der Waals surface area (Å²) in [6.07, 6.45) is 5.88. The quantitative estimate of drug-likeness (QED) is 0.165. The number of amides is 3. The predicted molar refractivity (Wildman–Crippen MR) is 222 cm³/mol. The van der Waals surface area contributed by atoms with Gasteiger partial charge in [0.05, 0.1) is 23.6 Å². The highest BCUT2D eigenvalue weighted by Crippen LogP contribution is 2.32. The van der Waals surface area contributed by atoms with Crippen molar-refractivity contribution >= 4 is 40.4 Å². The number of nitrogens with two attached hydrogens (primary N) is 1. The van der Waals surface area contributed by atoms with E-state index in [1.807, 2.05) is 36.4 Å². The van der Waals surface area contributed by atoms with E-state index in [0.717, 1.165) is 57.7 Å². The number of alkyl halides is 1. The maximum Gasteiger partial charge on any atom is 0.335 e. The zero-order chi connectivity index (χ0) is 41.3. The molecule has 0 spiro atoms. The van der Waals surface area contributed by atoms with E-state index in [1.54, 1.807) is 36.5 Å². The minimum Gasteiger partial charge on any atom is -0.457 e. The lowest BCUT2D eigenvalue weighted by Gasteiger charge is -2.48. The van der Waals surface area contributed by atoms with Crippen LogP contribution in [0.1, 0.15) is 55.1 Å². The molecular formula is C43H48FN11O5. The van der Waals surface area contributed by atoms with Gasteiger partial charge in [-0.3, -0.25) is 33.7 Å². The van der Waals surface area contributed by atoms with Crippen molar-refractivity contribution in [2.24, 2.45) is 5.92 Å². The first-order valence-corrected chi connectivity index (χ1v) is 20.7. The SMILES string of the molecule is Nc1ncnc2c1n(-c1ccc(Oc3ccccc3)cc1)c(=O)n2[C@@H]1CCN(CCC2CCN(C3CN(c4ccc(C(=O)NC5CCC(=O)NC5=O)nc4)C3)CC2)C[C@H]1F. The Labute approximate surface area is 345 Å². The predicted octanol–water partition coefficient (Wildman–Crippen LogP) is 3.46. The van der Waals surface area contributed by atoms with Crippen molar-refractivity contribution in [3.63, 3.8) is 0 Å². The van der Waals surface area contributed by atoms with Gasteiger partial charge in [-0.25, -0.2) is 24.1 Å². The summed E-state index contributed by atoms with van der Waals surface area (Å²) in [5.41, 5.74) is 8.33. The summed E-state index contributed by atoms with van der Waals surface area (Å²) in [5, 5.41) is 4.91. The molecule has 4 N–H and O–H groups in total. The highest BCUT2D eigenvalue weighted by molar-refractivity contribution is 6.03. The van der Waals surface area contributed by atoms with Crippen LogP contribution in [-0.4, -0.2) is 116 Å². The lowest BCUT2D eigenvalue weighted by molar-refractivity contribution is -0.134. The number of hydrogen-bond acceptors (Lipinski definition) is 12. The number of benzene rings is 2. The van der Waals surface area contributed by atoms with Gasteiger partial charge in [-0.1, -0.05) is 18.2 Å². The number of nitrogens with one attached hydrogen (secondary N) is 2. The molecule has 3 atom stereocenters. The molecule has 1 unspecified atom stereocenters. The van der Waals surface area contributed by atoms with E-state index >= 15 is 4.39 Å². The molecule has 17 heteroatoms. The molecule has 312 valence electrons. The molecule has 16 nitrogen and oxygen atoms in total. The van der Waals surface area contributed by atoms with Crippen LogP contribution in [0.4, 0.5) is 15.9 Å². The van der Waals surface area contributed by atoms with Crippen LogP contribution in [0.5, 0.6) is 11.5 Å². The Bertz CT molecular complexity index is 2410. The molecule has 0 bridgehead atoms. The van der Waals surface area contributed by atoms with Crippen LogP contribution < -0.4 is 31.7 Å². The second-order valence-corrected chi connectivity index (χ2v) is 16.2. The highest BCUT2D eigenvalue weighted by atomic mass is 19.1. The number of rotatable bonds is 11. The van der Waals surface area contributed by atoms with Crippen LogP contribution >= 0.6 is 0 Å². The normalized spacial score (nSPS) is 22.1. The van der Waals surface area contributed by atoms with Crippen molar-refractivity contribution in [2.75, 3.05) is 56.4 Å². The molecule has 0 saturated carbocycles. The standard InChI is InChI=1S/C43H48FN11O5/c44-33-25-51(19-17-36(33)55-40-38(39(45)47-26-48-40)54(43(55)59)28-6-9-32(10-7-28)60-31-4-2-1-3-5-31)18-14-27-15-20-52(21-16-27)30-23-53(24-30)29-8-11-34(46-22-29)41(57)49-35-12-13-37(56)50-42(35)58/h1-11,22,26-27,30,33,35-36H,12-21,23-25H2,(H,49,57)(H2,45,47,48)(H,50,56,58)/t33-,35?,36-/m1/s1. The number of aromatic nitrogens is 5. The van der Waals surface area contributed by atoms with Gasteiger partial charge in [0.2, 0.25) is 11.8 Å². The topological polar surface area (TPSA) is 186 Å². The van der Waals surface area contributed by atoms with Crippen molar-refractivity contribution < 1.29 is 23.5 Å². The van der Waals surface area contributed by atoms with Crippen LogP contribution in [-0.2, 0) is 9.59 Å². The zero-order valence-corrected chi connectivity index (χ0v) is 33.2. The van der Waals surface area contributed by atoms with Crippen molar-refractivity contribution in [3.8, 4) is 17.2 Å². The number of ether oxygens (including phenoxy) is 1. The number of halogens is 1. The third kappa shape index (κ3) is 8.06. The number of anilines is 2. The average Bonchev–Trinajstić information content (AvgIpc) is 3.54. The molecule has 0 radical (unpaired) electrons. The molecule has 4 fully saturated rings. The minimum atomic E-state index is -1.27. The average molecular weight is 818 g/mol. The largest absolute Gasteiger partial charge is 0.457 e. The third-order valence-electron chi connectivity index (χ3n) is 12.4. The van der Waals surface area contributed by atoms with Gasteiger partial charge in [0.15, 0.2) is 11.5 Å². The highest BCUT2D eigenvalue weighted by Gasteiger charge is 2.37. The zero-order valence-electron chi connectivity index (χ0n) is 33.2. The fourth-order valence-corrected chi connectivity index (χ4v) is 8.98. The van der Waals surface area contributed by atoms with Crippen molar-refractivity contribution in [3.05, 3.63) is 95.4 Å². The third-order valence-corrected chi connectivity index (χ3v) is 12.4. The number of hydrogen-bond donors (Lipinski definition) is 3. The fraction of sp³-hybridized carbons (Fsp3) is 0.419. The number of para-hydroxylation sites is 1. The number of imide groups is 1. The molecule has 0 aliphatic carbocycles. The van der Waals surface area contributed by atoms with Crippen LogP contribution in [0.3, 0.4) is 0 Å². The number of nitrogens with zero attached hydrogens (tertiary/aromatic N) is 8. The Morgan fingerprint density at radius 3 is 2.33 bits per heavy atom. The number of carbonyl (C=O) groups excluding carboxylic acids is 3. The van der Waals surface area contributed by atoms with E-state index in [9.17, 15) is 19.2 Å². The number of piperidine rings is 3. The molecule has 5 aromatic rings. The van der Waals surface area contributed by atoms with Crippen LogP contribution in [0.15, 0.2) is 84.0 Å². The smallest absolute Gasteiger partial charge is 0.335 e. The lowest BCUT2D eigenvalue weighted by Crippen LogP contribution is -2.61. The van der Waals surface area contributed by atoms with E-state index < -0.39 is 35.8 Å². The van der Waals surface area contributed by atoms with Gasteiger partial charge >= 0.3 is 5.69 Å². The lowest BCUT2D eigenvalue weighted by atomic mass is 9.91. The first-order chi connectivity index (χ1) is 29.2. The molecule has 4 aliphatic heterocycles. The maximum absolute atomic E-state index is 16.2. The number of carbonyl (C=O) groups is 3. The summed E-state index contributed by atoms with van der Waals surface area (Å²) >= 11 is 0.